The molecule has 0 aliphatic carbocycles. The number of aryl methyl sites for hydroxylation is 1. The molecule has 1 heterocycles. The summed E-state index contributed by atoms with van der Waals surface area (Å²) in [5.41, 5.74) is 1.62. The lowest BCUT2D eigenvalue weighted by atomic mass is 10.0. The Kier molecular flexibility index (Phi) is 3.62. The van der Waals surface area contributed by atoms with Crippen molar-refractivity contribution in [3.05, 3.63) is 33.8 Å². The van der Waals surface area contributed by atoms with E-state index >= 15 is 0 Å². The summed E-state index contributed by atoms with van der Waals surface area (Å²) in [6.07, 6.45) is 1.37. The molecule has 4 heteroatoms. The predicted octanol–water partition coefficient (Wildman–Crippen LogP) is 2.56. The highest BCUT2D eigenvalue weighted by molar-refractivity contribution is 9.10. The van der Waals surface area contributed by atoms with E-state index in [1.165, 1.54) is 0 Å². The van der Waals surface area contributed by atoms with Crippen LogP contribution in [0.2, 0.25) is 0 Å². The number of likely N-dealkylation sites (tertiary alicyclic amines) is 1. The van der Waals surface area contributed by atoms with Gasteiger partial charge in [-0.25, -0.2) is 0 Å². The Labute approximate surface area is 109 Å². The molecule has 0 bridgehead atoms. The molecule has 0 N–H and O–H groups in total. The molecule has 1 fully saturated rings. The number of halogens is 1. The number of amides is 1. The minimum atomic E-state index is -0.0446. The highest BCUT2D eigenvalue weighted by Gasteiger charge is 2.23. The van der Waals surface area contributed by atoms with Crippen molar-refractivity contribution in [2.24, 2.45) is 0 Å². The van der Waals surface area contributed by atoms with Crippen LogP contribution < -0.4 is 0 Å². The quantitative estimate of drug-likeness (QED) is 0.798. The molecule has 0 spiro atoms. The van der Waals surface area contributed by atoms with Crippen LogP contribution >= 0.6 is 15.9 Å². The Morgan fingerprint density at radius 2 is 2.18 bits per heavy atom. The van der Waals surface area contributed by atoms with Crippen molar-refractivity contribution < 1.29 is 9.59 Å². The Bertz CT molecular complexity index is 470. The summed E-state index contributed by atoms with van der Waals surface area (Å²) in [6, 6.07) is 5.63. The Hall–Kier alpha value is -1.16. The first-order valence-electron chi connectivity index (χ1n) is 5.65. The number of hydrogen-bond donors (Lipinski definition) is 0. The second-order valence-electron chi connectivity index (χ2n) is 4.33. The van der Waals surface area contributed by atoms with Gasteiger partial charge >= 0.3 is 0 Å². The SMILES string of the molecule is Cc1ccc(Br)cc1C(=O)N1CCCC(=O)C1. The van der Waals surface area contributed by atoms with Crippen molar-refractivity contribution in [1.82, 2.24) is 4.90 Å². The molecule has 3 nitrogen and oxygen atoms in total. The lowest BCUT2D eigenvalue weighted by Crippen LogP contribution is -2.40. The van der Waals surface area contributed by atoms with Crippen LogP contribution in [0, 0.1) is 6.92 Å². The first-order chi connectivity index (χ1) is 8.08. The zero-order valence-electron chi connectivity index (χ0n) is 9.70. The molecule has 0 unspecified atom stereocenters. The third-order valence-corrected chi connectivity index (χ3v) is 3.46. The van der Waals surface area contributed by atoms with Crippen molar-refractivity contribution in [3.63, 3.8) is 0 Å². The average Bonchev–Trinajstić information content (AvgIpc) is 2.31. The molecule has 2 rings (SSSR count). The number of piperidine rings is 1. The molecule has 1 amide bonds. The van der Waals surface area contributed by atoms with Crippen LogP contribution in [-0.2, 0) is 4.79 Å². The third-order valence-electron chi connectivity index (χ3n) is 2.97. The molecular weight excluding hydrogens is 282 g/mol. The smallest absolute Gasteiger partial charge is 0.254 e. The Morgan fingerprint density at radius 1 is 1.41 bits per heavy atom. The summed E-state index contributed by atoms with van der Waals surface area (Å²) in [4.78, 5) is 25.3. The summed E-state index contributed by atoms with van der Waals surface area (Å²) in [6.45, 7) is 2.84. The maximum Gasteiger partial charge on any atom is 0.254 e. The first-order valence-corrected chi connectivity index (χ1v) is 6.44. The molecule has 90 valence electrons. The normalized spacial score (nSPS) is 16.1. The van der Waals surface area contributed by atoms with Gasteiger partial charge in [-0.15, -0.1) is 0 Å². The van der Waals surface area contributed by atoms with E-state index in [0.29, 0.717) is 18.5 Å². The van der Waals surface area contributed by atoms with E-state index in [1.54, 1.807) is 4.90 Å². The van der Waals surface area contributed by atoms with E-state index in [2.05, 4.69) is 15.9 Å². The number of ketones is 1. The van der Waals surface area contributed by atoms with E-state index in [4.69, 9.17) is 0 Å². The van der Waals surface area contributed by atoms with Crippen molar-refractivity contribution in [2.45, 2.75) is 19.8 Å². The van der Waals surface area contributed by atoms with Crippen molar-refractivity contribution in [1.29, 1.82) is 0 Å². The van der Waals surface area contributed by atoms with Crippen LogP contribution in [-0.4, -0.2) is 29.7 Å². The van der Waals surface area contributed by atoms with E-state index < -0.39 is 0 Å². The number of carbonyl (C=O) groups is 2. The Balaban J connectivity index is 2.24. The van der Waals surface area contributed by atoms with Gasteiger partial charge in [0.2, 0.25) is 0 Å². The molecule has 1 aromatic rings. The summed E-state index contributed by atoms with van der Waals surface area (Å²) >= 11 is 3.36. The number of benzene rings is 1. The molecule has 1 aliphatic heterocycles. The zero-order valence-corrected chi connectivity index (χ0v) is 11.3. The van der Waals surface area contributed by atoms with E-state index in [-0.39, 0.29) is 18.2 Å². The van der Waals surface area contributed by atoms with Crippen molar-refractivity contribution in [3.8, 4) is 0 Å². The van der Waals surface area contributed by atoms with Gasteiger partial charge in [0.15, 0.2) is 5.78 Å². The lowest BCUT2D eigenvalue weighted by Gasteiger charge is -2.26. The summed E-state index contributed by atoms with van der Waals surface area (Å²) in [7, 11) is 0. The molecule has 0 aromatic heterocycles. The highest BCUT2D eigenvalue weighted by atomic mass is 79.9. The summed E-state index contributed by atoms with van der Waals surface area (Å²) in [5.74, 6) is 0.106. The molecule has 1 saturated heterocycles. The Morgan fingerprint density at radius 3 is 2.88 bits per heavy atom. The fourth-order valence-corrected chi connectivity index (χ4v) is 2.37. The van der Waals surface area contributed by atoms with Crippen molar-refractivity contribution >= 4 is 27.6 Å². The average molecular weight is 296 g/mol. The summed E-state index contributed by atoms with van der Waals surface area (Å²) in [5, 5.41) is 0. The van der Waals surface area contributed by atoms with Gasteiger partial charge in [-0.2, -0.15) is 0 Å². The van der Waals surface area contributed by atoms with Crippen LogP contribution in [0.3, 0.4) is 0 Å². The molecule has 0 radical (unpaired) electrons. The van der Waals surface area contributed by atoms with Gasteiger partial charge < -0.3 is 4.90 Å². The highest BCUT2D eigenvalue weighted by Crippen LogP contribution is 2.19. The number of carbonyl (C=O) groups excluding carboxylic acids is 2. The van der Waals surface area contributed by atoms with Crippen LogP contribution in [0.15, 0.2) is 22.7 Å². The van der Waals surface area contributed by atoms with Crippen molar-refractivity contribution in [2.75, 3.05) is 13.1 Å². The molecule has 17 heavy (non-hydrogen) atoms. The van der Waals surface area contributed by atoms with Gasteiger partial charge in [0.05, 0.1) is 6.54 Å². The number of Topliss-reactive ketones (excluding diaryl/α,β-unsaturated/α-hetero) is 1. The maximum atomic E-state index is 12.3. The van der Waals surface area contributed by atoms with E-state index in [1.807, 2.05) is 25.1 Å². The number of nitrogens with zero attached hydrogens (tertiary/aromatic N) is 1. The number of hydrogen-bond acceptors (Lipinski definition) is 2. The minimum absolute atomic E-state index is 0.0446. The van der Waals surface area contributed by atoms with Gasteiger partial charge in [-0.1, -0.05) is 22.0 Å². The van der Waals surface area contributed by atoms with E-state index in [9.17, 15) is 9.59 Å². The van der Waals surface area contributed by atoms with Gasteiger partial charge in [0, 0.05) is 23.0 Å². The second kappa shape index (κ2) is 5.00. The predicted molar refractivity (Wildman–Crippen MR) is 69.0 cm³/mol. The molecule has 0 saturated carbocycles. The van der Waals surface area contributed by atoms with Crippen LogP contribution in [0.1, 0.15) is 28.8 Å². The van der Waals surface area contributed by atoms with Gasteiger partial charge in [-0.3, -0.25) is 9.59 Å². The van der Waals surface area contributed by atoms with Crippen LogP contribution in [0.4, 0.5) is 0 Å². The molecule has 1 aromatic carbocycles. The number of rotatable bonds is 1. The second-order valence-corrected chi connectivity index (χ2v) is 5.24. The molecule has 0 atom stereocenters. The van der Waals surface area contributed by atoms with Crippen LogP contribution in [0.5, 0.6) is 0 Å². The zero-order chi connectivity index (χ0) is 12.4. The van der Waals surface area contributed by atoms with Gasteiger partial charge in [0.25, 0.3) is 5.91 Å². The third kappa shape index (κ3) is 2.75. The van der Waals surface area contributed by atoms with Crippen LogP contribution in [0.25, 0.3) is 0 Å². The first kappa shape index (κ1) is 12.3. The largest absolute Gasteiger partial charge is 0.331 e. The fourth-order valence-electron chi connectivity index (χ4n) is 2.01. The summed E-state index contributed by atoms with van der Waals surface area (Å²) < 4.78 is 0.884. The minimum Gasteiger partial charge on any atom is -0.331 e. The van der Waals surface area contributed by atoms with Gasteiger partial charge in [0.1, 0.15) is 0 Å². The van der Waals surface area contributed by atoms with Gasteiger partial charge in [-0.05, 0) is 31.0 Å². The van der Waals surface area contributed by atoms with E-state index in [0.717, 1.165) is 16.5 Å². The molecular formula is C13H14BrNO2. The monoisotopic (exact) mass is 295 g/mol. The standard InChI is InChI=1S/C13H14BrNO2/c1-9-4-5-10(14)7-12(9)13(17)15-6-2-3-11(16)8-15/h4-5,7H,2-3,6,8H2,1H3. The fraction of sp³-hybridized carbons (Fsp3) is 0.385. The lowest BCUT2D eigenvalue weighted by molar-refractivity contribution is -0.121. The maximum absolute atomic E-state index is 12.3. The topological polar surface area (TPSA) is 37.4 Å². The molecule has 1 aliphatic rings.